The third-order valence-electron chi connectivity index (χ3n) is 6.57. The van der Waals surface area contributed by atoms with Crippen molar-refractivity contribution in [3.05, 3.63) is 63.7 Å². The average molecular weight is 518 g/mol. The lowest BCUT2D eigenvalue weighted by molar-refractivity contribution is -0.126. The molecular formula is C23H26F3N9O2. The molecular weight excluding hydrogens is 491 g/mol. The third-order valence-corrected chi connectivity index (χ3v) is 6.57. The summed E-state index contributed by atoms with van der Waals surface area (Å²) in [5.41, 5.74) is -0.105. The number of nitrogens with zero attached hydrogens (tertiary/aromatic N) is 9. The van der Waals surface area contributed by atoms with Crippen LogP contribution in [0.4, 0.5) is 19.1 Å². The number of aryl methyl sites for hydroxylation is 1. The van der Waals surface area contributed by atoms with Crippen LogP contribution >= 0.6 is 0 Å². The third kappa shape index (κ3) is 4.69. The molecule has 2 atom stereocenters. The molecule has 4 heterocycles. The van der Waals surface area contributed by atoms with Crippen LogP contribution in [0.5, 0.6) is 0 Å². The molecule has 2 aromatic heterocycles. The van der Waals surface area contributed by atoms with Crippen LogP contribution in [0.25, 0.3) is 5.82 Å². The first-order valence-electron chi connectivity index (χ1n) is 11.9. The van der Waals surface area contributed by atoms with E-state index in [-0.39, 0.29) is 11.8 Å². The summed E-state index contributed by atoms with van der Waals surface area (Å²) in [7, 11) is 0. The van der Waals surface area contributed by atoms with Gasteiger partial charge in [0.05, 0.1) is 12.2 Å². The van der Waals surface area contributed by atoms with E-state index < -0.39 is 35.5 Å². The van der Waals surface area contributed by atoms with Crippen LogP contribution < -0.4 is 10.6 Å². The van der Waals surface area contributed by atoms with E-state index in [2.05, 4.69) is 20.2 Å². The normalized spacial score (nSPS) is 19.1. The molecule has 196 valence electrons. The van der Waals surface area contributed by atoms with E-state index in [4.69, 9.17) is 0 Å². The van der Waals surface area contributed by atoms with Crippen molar-refractivity contribution in [2.75, 3.05) is 31.1 Å². The van der Waals surface area contributed by atoms with E-state index in [9.17, 15) is 23.1 Å². The van der Waals surface area contributed by atoms with E-state index in [1.54, 1.807) is 25.0 Å². The first-order valence-corrected chi connectivity index (χ1v) is 11.9. The molecule has 0 bridgehead atoms. The fourth-order valence-electron chi connectivity index (χ4n) is 4.67. The van der Waals surface area contributed by atoms with E-state index in [1.807, 2.05) is 4.90 Å². The van der Waals surface area contributed by atoms with Crippen molar-refractivity contribution in [1.82, 2.24) is 34.2 Å². The molecule has 3 aromatic rings. The van der Waals surface area contributed by atoms with Crippen molar-refractivity contribution in [3.63, 3.8) is 0 Å². The maximum atomic E-state index is 14.6. The number of aromatic nitrogens is 5. The van der Waals surface area contributed by atoms with E-state index in [1.165, 1.54) is 21.7 Å². The minimum Gasteiger partial charge on any atom is -0.360 e. The van der Waals surface area contributed by atoms with Gasteiger partial charge < -0.3 is 10.0 Å². The van der Waals surface area contributed by atoms with Crippen molar-refractivity contribution in [1.29, 1.82) is 0 Å². The molecule has 0 amide bonds. The average Bonchev–Trinajstić information content (AvgIpc) is 3.48. The minimum absolute atomic E-state index is 0.230. The Morgan fingerprint density at radius 3 is 2.46 bits per heavy atom. The van der Waals surface area contributed by atoms with Crippen LogP contribution in [-0.4, -0.2) is 78.1 Å². The molecule has 1 N–H and O–H groups in total. The maximum absolute atomic E-state index is 14.6. The lowest BCUT2D eigenvalue weighted by atomic mass is 10.0. The standard InChI is InChI=1S/C23H26F3N9O2/c1-3-33-14(2)30-35(23(33)37)20-18(26)13-27-21(29-20)31-6-8-32(9-7-31)22(36)34-19(4-5-28-34)15-10-16(24)12-17(25)11-15/h5,10-13,19,22,36H,3-4,6-9H2,1-2H3/t19-,22?/m0/s1. The second-order valence-corrected chi connectivity index (χ2v) is 8.83. The number of hydrazone groups is 1. The Hall–Kier alpha value is -3.78. The van der Waals surface area contributed by atoms with Gasteiger partial charge in [0, 0.05) is 51.4 Å². The Morgan fingerprint density at radius 1 is 1.11 bits per heavy atom. The monoisotopic (exact) mass is 517 g/mol. The number of halogens is 3. The minimum atomic E-state index is -1.12. The van der Waals surface area contributed by atoms with Crippen molar-refractivity contribution < 1.29 is 18.3 Å². The molecule has 1 saturated heterocycles. The second kappa shape index (κ2) is 9.94. The van der Waals surface area contributed by atoms with Gasteiger partial charge in [-0.2, -0.15) is 14.8 Å². The summed E-state index contributed by atoms with van der Waals surface area (Å²) < 4.78 is 44.4. The lowest BCUT2D eigenvalue weighted by Gasteiger charge is -2.41. The first-order chi connectivity index (χ1) is 17.8. The van der Waals surface area contributed by atoms with Crippen molar-refractivity contribution in [3.8, 4) is 5.82 Å². The Balaban J connectivity index is 1.29. The van der Waals surface area contributed by atoms with E-state index in [0.717, 1.165) is 16.9 Å². The van der Waals surface area contributed by atoms with E-state index >= 15 is 0 Å². The van der Waals surface area contributed by atoms with Crippen molar-refractivity contribution in [2.45, 2.75) is 39.2 Å². The Bertz CT molecular complexity index is 1360. The highest BCUT2D eigenvalue weighted by atomic mass is 19.1. The summed E-state index contributed by atoms with van der Waals surface area (Å²) in [6.07, 6.45) is 1.89. The largest absolute Gasteiger partial charge is 0.360 e. The SMILES string of the molecule is CCn1c(C)nn(-c2nc(N3CCN(C(O)N4N=CC[C@H]4c4cc(F)cc(F)c4)CC3)ncc2F)c1=O. The predicted molar refractivity (Wildman–Crippen MR) is 128 cm³/mol. The van der Waals surface area contributed by atoms with Gasteiger partial charge in [0.25, 0.3) is 0 Å². The smallest absolute Gasteiger partial charge is 0.352 e. The van der Waals surface area contributed by atoms with Gasteiger partial charge in [-0.1, -0.05) is 0 Å². The molecule has 14 heteroatoms. The van der Waals surface area contributed by atoms with Gasteiger partial charge in [-0.3, -0.25) is 9.47 Å². The van der Waals surface area contributed by atoms with Gasteiger partial charge in [0.15, 0.2) is 11.6 Å². The van der Waals surface area contributed by atoms with Gasteiger partial charge in [0.2, 0.25) is 12.3 Å². The Morgan fingerprint density at radius 2 is 1.81 bits per heavy atom. The summed E-state index contributed by atoms with van der Waals surface area (Å²) in [4.78, 5) is 24.5. The molecule has 1 fully saturated rings. The summed E-state index contributed by atoms with van der Waals surface area (Å²) in [5, 5.41) is 20.8. The van der Waals surface area contributed by atoms with Crippen LogP contribution in [0, 0.1) is 24.4 Å². The molecule has 0 spiro atoms. The van der Waals surface area contributed by atoms with E-state index in [0.29, 0.717) is 50.5 Å². The Labute approximate surface area is 210 Å². The molecule has 37 heavy (non-hydrogen) atoms. The summed E-state index contributed by atoms with van der Waals surface area (Å²) in [6, 6.07) is 2.76. The number of rotatable bonds is 6. The maximum Gasteiger partial charge on any atom is 0.352 e. The predicted octanol–water partition coefficient (Wildman–Crippen LogP) is 1.40. The number of benzene rings is 1. The van der Waals surface area contributed by atoms with Gasteiger partial charge >= 0.3 is 5.69 Å². The molecule has 1 aromatic carbocycles. The van der Waals surface area contributed by atoms with Gasteiger partial charge in [-0.05, 0) is 31.5 Å². The lowest BCUT2D eigenvalue weighted by Crippen LogP contribution is -2.55. The summed E-state index contributed by atoms with van der Waals surface area (Å²) in [5.74, 6) is -1.71. The van der Waals surface area contributed by atoms with Crippen LogP contribution in [0.15, 0.2) is 34.3 Å². The number of anilines is 1. The van der Waals surface area contributed by atoms with Crippen LogP contribution in [0.2, 0.25) is 0 Å². The fraction of sp³-hybridized carbons (Fsp3) is 0.435. The molecule has 0 saturated carbocycles. The molecule has 2 aliphatic heterocycles. The fourth-order valence-corrected chi connectivity index (χ4v) is 4.67. The highest BCUT2D eigenvalue weighted by Crippen LogP contribution is 2.31. The molecule has 1 unspecified atom stereocenters. The molecule has 0 radical (unpaired) electrons. The zero-order valence-corrected chi connectivity index (χ0v) is 20.3. The van der Waals surface area contributed by atoms with Crippen molar-refractivity contribution >= 4 is 12.2 Å². The van der Waals surface area contributed by atoms with Crippen LogP contribution in [0.3, 0.4) is 0 Å². The Kier molecular flexibility index (Phi) is 6.69. The van der Waals surface area contributed by atoms with Gasteiger partial charge in [-0.15, -0.1) is 5.10 Å². The van der Waals surface area contributed by atoms with Gasteiger partial charge in [-0.25, -0.2) is 28.0 Å². The number of hydrogen-bond donors (Lipinski definition) is 1. The molecule has 0 aliphatic carbocycles. The first kappa shape index (κ1) is 24.9. The zero-order valence-electron chi connectivity index (χ0n) is 20.3. The summed E-state index contributed by atoms with van der Waals surface area (Å²) >= 11 is 0. The van der Waals surface area contributed by atoms with Gasteiger partial charge in [0.1, 0.15) is 17.5 Å². The topological polar surface area (TPSA) is 108 Å². The van der Waals surface area contributed by atoms with Crippen LogP contribution in [0.1, 0.15) is 30.8 Å². The summed E-state index contributed by atoms with van der Waals surface area (Å²) in [6.45, 7) is 5.42. The number of aliphatic hydroxyl groups is 1. The van der Waals surface area contributed by atoms with Crippen molar-refractivity contribution in [2.24, 2.45) is 5.10 Å². The highest BCUT2D eigenvalue weighted by Gasteiger charge is 2.34. The zero-order chi connectivity index (χ0) is 26.3. The second-order valence-electron chi connectivity index (χ2n) is 8.83. The quantitative estimate of drug-likeness (QED) is 0.523. The highest BCUT2D eigenvalue weighted by molar-refractivity contribution is 5.60. The molecule has 5 rings (SSSR count). The number of aliphatic hydroxyl groups excluding tert-OH is 1. The number of hydrogen-bond acceptors (Lipinski definition) is 9. The number of piperazine rings is 1. The molecule has 11 nitrogen and oxygen atoms in total. The van der Waals surface area contributed by atoms with Crippen LogP contribution in [-0.2, 0) is 6.54 Å². The molecule has 2 aliphatic rings.